The van der Waals surface area contributed by atoms with Gasteiger partial charge in [0.15, 0.2) is 5.69 Å². The summed E-state index contributed by atoms with van der Waals surface area (Å²) in [4.78, 5) is 26.6. The average molecular weight is 323 g/mol. The monoisotopic (exact) mass is 323 g/mol. The fourth-order valence-corrected chi connectivity index (χ4v) is 2.24. The van der Waals surface area contributed by atoms with E-state index in [1.165, 1.54) is 0 Å². The first-order valence-electron chi connectivity index (χ1n) is 7.47. The van der Waals surface area contributed by atoms with E-state index in [9.17, 15) is 14.7 Å². The Morgan fingerprint density at radius 2 is 1.71 bits per heavy atom. The van der Waals surface area contributed by atoms with E-state index in [2.05, 4.69) is 4.85 Å². The first-order valence-corrected chi connectivity index (χ1v) is 7.47. The number of nitrogens with zero attached hydrogens (tertiary/aromatic N) is 1. The van der Waals surface area contributed by atoms with Crippen molar-refractivity contribution in [3.63, 3.8) is 0 Å². The number of benzene rings is 2. The van der Waals surface area contributed by atoms with Crippen LogP contribution in [0.25, 0.3) is 4.85 Å². The molecule has 2 aromatic rings. The summed E-state index contributed by atoms with van der Waals surface area (Å²) in [5, 5.41) is 9.31. The Morgan fingerprint density at radius 1 is 1.04 bits per heavy atom. The van der Waals surface area contributed by atoms with Crippen molar-refractivity contribution in [3.05, 3.63) is 77.1 Å². The second-order valence-electron chi connectivity index (χ2n) is 5.37. The minimum Gasteiger partial charge on any atom is -0.481 e. The number of hydrogen-bond donors (Lipinski definition) is 1. The maximum absolute atomic E-state index is 11.9. The van der Waals surface area contributed by atoms with Crippen LogP contribution in [0.15, 0.2) is 54.6 Å². The van der Waals surface area contributed by atoms with Gasteiger partial charge in [0.1, 0.15) is 6.61 Å². The predicted molar refractivity (Wildman–Crippen MR) is 88.4 cm³/mol. The zero-order chi connectivity index (χ0) is 17.4. The zero-order valence-corrected chi connectivity index (χ0v) is 13.0. The molecule has 2 aromatic carbocycles. The minimum atomic E-state index is -1.04. The number of carbonyl (C=O) groups excluding carboxylic acids is 1. The molecule has 0 aliphatic heterocycles. The van der Waals surface area contributed by atoms with Crippen LogP contribution in [0.3, 0.4) is 0 Å². The van der Waals surface area contributed by atoms with Gasteiger partial charge >= 0.3 is 11.9 Å². The molecule has 0 bridgehead atoms. The second-order valence-corrected chi connectivity index (χ2v) is 5.37. The van der Waals surface area contributed by atoms with Gasteiger partial charge in [-0.1, -0.05) is 54.6 Å². The van der Waals surface area contributed by atoms with Gasteiger partial charge in [0, 0.05) is 0 Å². The van der Waals surface area contributed by atoms with Gasteiger partial charge in [-0.15, -0.1) is 0 Å². The summed E-state index contributed by atoms with van der Waals surface area (Å²) in [6.45, 7) is 7.03. The van der Waals surface area contributed by atoms with Crippen molar-refractivity contribution in [2.75, 3.05) is 0 Å². The van der Waals surface area contributed by atoms with E-state index in [4.69, 9.17) is 11.3 Å². The molecule has 0 radical (unpaired) electrons. The molecule has 0 saturated carbocycles. The largest absolute Gasteiger partial charge is 0.481 e. The fraction of sp³-hybridized carbons (Fsp3) is 0.211. The number of aliphatic carboxylic acids is 1. The molecule has 0 aliphatic rings. The lowest BCUT2D eigenvalue weighted by atomic mass is 9.96. The van der Waals surface area contributed by atoms with Crippen molar-refractivity contribution in [2.24, 2.45) is 5.92 Å². The van der Waals surface area contributed by atoms with Gasteiger partial charge in [0.2, 0.25) is 0 Å². The molecule has 24 heavy (non-hydrogen) atoms. The first-order chi connectivity index (χ1) is 11.6. The number of carboxylic acid groups (broad SMARTS) is 1. The van der Waals surface area contributed by atoms with Gasteiger partial charge < -0.3 is 9.84 Å². The molecular formula is C19H17NO4. The van der Waals surface area contributed by atoms with Gasteiger partial charge in [0.05, 0.1) is 18.9 Å². The van der Waals surface area contributed by atoms with Crippen LogP contribution >= 0.6 is 0 Å². The van der Waals surface area contributed by atoms with E-state index in [0.29, 0.717) is 5.69 Å². The normalized spacial score (nSPS) is 11.3. The third-order valence-electron chi connectivity index (χ3n) is 3.55. The second kappa shape index (κ2) is 8.49. The van der Waals surface area contributed by atoms with Crippen LogP contribution < -0.4 is 0 Å². The lowest BCUT2D eigenvalue weighted by Gasteiger charge is -2.12. The zero-order valence-electron chi connectivity index (χ0n) is 13.0. The molecule has 0 heterocycles. The smallest absolute Gasteiger partial charge is 0.307 e. The lowest BCUT2D eigenvalue weighted by Crippen LogP contribution is -2.21. The molecule has 0 spiro atoms. The molecule has 0 unspecified atom stereocenters. The summed E-state index contributed by atoms with van der Waals surface area (Å²) in [6, 6.07) is 15.9. The molecule has 1 N–H and O–H groups in total. The number of ether oxygens (including phenoxy) is 1. The molecule has 5 heteroatoms. The van der Waals surface area contributed by atoms with Crippen molar-refractivity contribution in [1.29, 1.82) is 0 Å². The van der Waals surface area contributed by atoms with Crippen molar-refractivity contribution in [3.8, 4) is 0 Å². The summed E-state index contributed by atoms with van der Waals surface area (Å²) in [5.41, 5.74) is 2.12. The van der Waals surface area contributed by atoms with Crippen molar-refractivity contribution in [2.45, 2.75) is 19.4 Å². The van der Waals surface area contributed by atoms with Crippen LogP contribution in [0.4, 0.5) is 5.69 Å². The Kier molecular flexibility index (Phi) is 6.09. The Labute approximate surface area is 140 Å². The first kappa shape index (κ1) is 17.2. The third-order valence-corrected chi connectivity index (χ3v) is 3.55. The molecule has 0 amide bonds. The van der Waals surface area contributed by atoms with Crippen LogP contribution in [0.5, 0.6) is 0 Å². The highest BCUT2D eigenvalue weighted by atomic mass is 16.5. The number of hydrogen-bond acceptors (Lipinski definition) is 3. The minimum absolute atomic E-state index is 0.131. The number of carboxylic acids is 1. The SMILES string of the molecule is [C-]#[N+]c1ccc(C[C@H](CC(=O)OCc2ccccc2)C(=O)O)cc1. The number of esters is 1. The van der Waals surface area contributed by atoms with Crippen LogP contribution in [-0.2, 0) is 27.4 Å². The number of rotatable bonds is 7. The van der Waals surface area contributed by atoms with E-state index in [1.807, 2.05) is 30.3 Å². The summed E-state index contributed by atoms with van der Waals surface area (Å²) in [7, 11) is 0. The van der Waals surface area contributed by atoms with E-state index in [0.717, 1.165) is 11.1 Å². The maximum atomic E-state index is 11.9. The molecule has 1 atom stereocenters. The average Bonchev–Trinajstić information content (AvgIpc) is 2.61. The molecule has 5 nitrogen and oxygen atoms in total. The van der Waals surface area contributed by atoms with Gasteiger partial charge in [-0.05, 0) is 17.5 Å². The fourth-order valence-electron chi connectivity index (χ4n) is 2.24. The molecule has 0 aromatic heterocycles. The molecule has 0 saturated heterocycles. The van der Waals surface area contributed by atoms with E-state index < -0.39 is 17.9 Å². The quantitative estimate of drug-likeness (QED) is 0.624. The van der Waals surface area contributed by atoms with Gasteiger partial charge in [-0.25, -0.2) is 4.85 Å². The Morgan fingerprint density at radius 3 is 2.29 bits per heavy atom. The van der Waals surface area contributed by atoms with E-state index >= 15 is 0 Å². The molecule has 0 aliphatic carbocycles. The highest BCUT2D eigenvalue weighted by Crippen LogP contribution is 2.18. The summed E-state index contributed by atoms with van der Waals surface area (Å²) in [6.07, 6.45) is 0.0286. The lowest BCUT2D eigenvalue weighted by molar-refractivity contribution is -0.152. The standard InChI is InChI=1S/C19H17NO4/c1-20-17-9-7-14(8-10-17)11-16(19(22)23)12-18(21)24-13-15-5-3-2-4-6-15/h2-10,16H,11-13H2,(H,22,23)/t16-/m1/s1. The summed E-state index contributed by atoms with van der Waals surface area (Å²) < 4.78 is 5.14. The van der Waals surface area contributed by atoms with E-state index in [-0.39, 0.29) is 19.4 Å². The summed E-state index contributed by atoms with van der Waals surface area (Å²) >= 11 is 0. The van der Waals surface area contributed by atoms with E-state index in [1.54, 1.807) is 24.3 Å². The van der Waals surface area contributed by atoms with Crippen molar-refractivity contribution in [1.82, 2.24) is 0 Å². The van der Waals surface area contributed by atoms with Crippen LogP contribution in [0.2, 0.25) is 0 Å². The highest BCUT2D eigenvalue weighted by molar-refractivity contribution is 5.79. The maximum Gasteiger partial charge on any atom is 0.307 e. The van der Waals surface area contributed by atoms with Crippen LogP contribution in [0.1, 0.15) is 17.5 Å². The molecule has 0 fully saturated rings. The summed E-state index contributed by atoms with van der Waals surface area (Å²) in [5.74, 6) is -2.43. The Bertz CT molecular complexity index is 732. The van der Waals surface area contributed by atoms with Crippen molar-refractivity contribution >= 4 is 17.6 Å². The number of carbonyl (C=O) groups is 2. The Balaban J connectivity index is 1.91. The topological polar surface area (TPSA) is 68.0 Å². The molecular weight excluding hydrogens is 306 g/mol. The van der Waals surface area contributed by atoms with Gasteiger partial charge in [-0.3, -0.25) is 9.59 Å². The predicted octanol–water partition coefficient (Wildman–Crippen LogP) is 3.61. The van der Waals surface area contributed by atoms with Crippen LogP contribution in [-0.4, -0.2) is 17.0 Å². The van der Waals surface area contributed by atoms with Crippen LogP contribution in [0, 0.1) is 12.5 Å². The Hall–Kier alpha value is -3.13. The van der Waals surface area contributed by atoms with Gasteiger partial charge in [-0.2, -0.15) is 0 Å². The third kappa shape index (κ3) is 5.25. The molecule has 122 valence electrons. The molecule has 2 rings (SSSR count). The van der Waals surface area contributed by atoms with Gasteiger partial charge in [0.25, 0.3) is 0 Å². The van der Waals surface area contributed by atoms with Crippen molar-refractivity contribution < 1.29 is 19.4 Å². The highest BCUT2D eigenvalue weighted by Gasteiger charge is 2.22.